The third-order valence-electron chi connectivity index (χ3n) is 3.58. The first kappa shape index (κ1) is 17.8. The fourth-order valence-electron chi connectivity index (χ4n) is 2.07. The molecule has 0 bridgehead atoms. The zero-order chi connectivity index (χ0) is 15.7. The molecule has 4 nitrogen and oxygen atoms in total. The fourth-order valence-corrected chi connectivity index (χ4v) is 2.07. The van der Waals surface area contributed by atoms with Crippen molar-refractivity contribution < 1.29 is 14.2 Å². The minimum Gasteiger partial charge on any atom is -0.497 e. The van der Waals surface area contributed by atoms with Crippen molar-refractivity contribution in [2.45, 2.75) is 45.8 Å². The van der Waals surface area contributed by atoms with Gasteiger partial charge in [-0.3, -0.25) is 0 Å². The summed E-state index contributed by atoms with van der Waals surface area (Å²) >= 11 is 0. The molecule has 0 aromatic heterocycles. The second kappa shape index (κ2) is 9.64. The van der Waals surface area contributed by atoms with Crippen LogP contribution < -0.4 is 14.8 Å². The third kappa shape index (κ3) is 5.56. The van der Waals surface area contributed by atoms with Gasteiger partial charge in [0, 0.05) is 5.56 Å². The van der Waals surface area contributed by atoms with Crippen LogP contribution in [0.1, 0.15) is 45.2 Å². The molecule has 4 heteroatoms. The van der Waals surface area contributed by atoms with E-state index in [2.05, 4.69) is 26.1 Å². The predicted octanol–water partition coefficient (Wildman–Crippen LogP) is 3.56. The lowest BCUT2D eigenvalue weighted by atomic mass is 10.1. The van der Waals surface area contributed by atoms with Crippen LogP contribution in [0.2, 0.25) is 0 Å². The minimum absolute atomic E-state index is 0.101. The predicted molar refractivity (Wildman–Crippen MR) is 86.3 cm³/mol. The molecule has 1 N–H and O–H groups in total. The topological polar surface area (TPSA) is 39.7 Å². The molecule has 2 unspecified atom stereocenters. The second-order valence-corrected chi connectivity index (χ2v) is 5.17. The van der Waals surface area contributed by atoms with Crippen LogP contribution in [0.25, 0.3) is 0 Å². The summed E-state index contributed by atoms with van der Waals surface area (Å²) in [5, 5.41) is 3.53. The highest BCUT2D eigenvalue weighted by Gasteiger charge is 2.18. The van der Waals surface area contributed by atoms with E-state index < -0.39 is 0 Å². The van der Waals surface area contributed by atoms with E-state index in [4.69, 9.17) is 14.2 Å². The summed E-state index contributed by atoms with van der Waals surface area (Å²) in [5.74, 6) is 1.69. The van der Waals surface area contributed by atoms with Crippen LogP contribution in [0.4, 0.5) is 0 Å². The van der Waals surface area contributed by atoms with Crippen molar-refractivity contribution in [2.75, 3.05) is 27.4 Å². The zero-order valence-corrected chi connectivity index (χ0v) is 13.9. The third-order valence-corrected chi connectivity index (χ3v) is 3.58. The number of hydrogen-bond donors (Lipinski definition) is 1. The summed E-state index contributed by atoms with van der Waals surface area (Å²) in [6, 6.07) is 5.97. The molecule has 0 saturated heterocycles. The molecule has 0 heterocycles. The smallest absolute Gasteiger partial charge is 0.123 e. The molecule has 21 heavy (non-hydrogen) atoms. The highest BCUT2D eigenvalue weighted by atomic mass is 16.5. The Labute approximate surface area is 128 Å². The van der Waals surface area contributed by atoms with Gasteiger partial charge in [0.1, 0.15) is 11.5 Å². The van der Waals surface area contributed by atoms with Crippen molar-refractivity contribution in [3.63, 3.8) is 0 Å². The second-order valence-electron chi connectivity index (χ2n) is 5.17. The molecule has 0 fully saturated rings. The number of ether oxygens (including phenoxy) is 3. The molecule has 0 aliphatic heterocycles. The molecule has 0 aliphatic carbocycles. The SMILES string of the molecule is CCCNC(COC(C)CC)c1cc(OC)ccc1OC. The van der Waals surface area contributed by atoms with Crippen molar-refractivity contribution in [1.82, 2.24) is 5.32 Å². The lowest BCUT2D eigenvalue weighted by Gasteiger charge is -2.23. The van der Waals surface area contributed by atoms with Crippen LogP contribution in [0.3, 0.4) is 0 Å². The molecule has 1 aromatic carbocycles. The molecule has 1 rings (SSSR count). The maximum Gasteiger partial charge on any atom is 0.123 e. The van der Waals surface area contributed by atoms with Crippen molar-refractivity contribution in [3.05, 3.63) is 23.8 Å². The van der Waals surface area contributed by atoms with Crippen LogP contribution in [0, 0.1) is 0 Å². The molecular weight excluding hydrogens is 266 g/mol. The van der Waals surface area contributed by atoms with Crippen molar-refractivity contribution >= 4 is 0 Å². The lowest BCUT2D eigenvalue weighted by molar-refractivity contribution is 0.0469. The fraction of sp³-hybridized carbons (Fsp3) is 0.647. The van der Waals surface area contributed by atoms with Gasteiger partial charge in [0.05, 0.1) is 33.0 Å². The lowest BCUT2D eigenvalue weighted by Crippen LogP contribution is -2.28. The van der Waals surface area contributed by atoms with E-state index in [0.29, 0.717) is 6.61 Å². The Kier molecular flexibility index (Phi) is 8.16. The minimum atomic E-state index is 0.101. The Hall–Kier alpha value is -1.26. The number of benzene rings is 1. The largest absolute Gasteiger partial charge is 0.497 e. The van der Waals surface area contributed by atoms with Crippen LogP contribution in [0.5, 0.6) is 11.5 Å². The monoisotopic (exact) mass is 295 g/mol. The number of rotatable bonds is 10. The summed E-state index contributed by atoms with van der Waals surface area (Å²) in [4.78, 5) is 0. The van der Waals surface area contributed by atoms with Crippen LogP contribution in [-0.2, 0) is 4.74 Å². The zero-order valence-electron chi connectivity index (χ0n) is 13.9. The Morgan fingerprint density at radius 2 is 1.90 bits per heavy atom. The van der Waals surface area contributed by atoms with Crippen molar-refractivity contribution in [1.29, 1.82) is 0 Å². The standard InChI is InChI=1S/C17H29NO3/c1-6-10-18-16(12-21-13(3)7-2)15-11-14(19-4)8-9-17(15)20-5/h8-9,11,13,16,18H,6-7,10,12H2,1-5H3. The summed E-state index contributed by atoms with van der Waals surface area (Å²) in [6.45, 7) is 7.95. The molecule has 0 saturated carbocycles. The highest BCUT2D eigenvalue weighted by Crippen LogP contribution is 2.30. The quantitative estimate of drug-likeness (QED) is 0.716. The summed E-state index contributed by atoms with van der Waals surface area (Å²) < 4.78 is 16.7. The Morgan fingerprint density at radius 3 is 2.48 bits per heavy atom. The van der Waals surface area contributed by atoms with E-state index in [0.717, 1.165) is 36.4 Å². The summed E-state index contributed by atoms with van der Waals surface area (Å²) in [5.41, 5.74) is 1.08. The number of hydrogen-bond acceptors (Lipinski definition) is 4. The first-order valence-electron chi connectivity index (χ1n) is 7.73. The molecule has 120 valence electrons. The normalized spacial score (nSPS) is 13.8. The molecule has 1 aromatic rings. The first-order chi connectivity index (χ1) is 10.2. The maximum absolute atomic E-state index is 5.92. The van der Waals surface area contributed by atoms with Gasteiger partial charge in [-0.15, -0.1) is 0 Å². The molecular formula is C17H29NO3. The van der Waals surface area contributed by atoms with Crippen LogP contribution in [-0.4, -0.2) is 33.5 Å². The highest BCUT2D eigenvalue weighted by molar-refractivity contribution is 5.42. The average Bonchev–Trinajstić information content (AvgIpc) is 2.54. The summed E-state index contributed by atoms with van der Waals surface area (Å²) in [6.07, 6.45) is 2.34. The van der Waals surface area contributed by atoms with E-state index in [1.54, 1.807) is 14.2 Å². The van der Waals surface area contributed by atoms with Crippen molar-refractivity contribution in [2.24, 2.45) is 0 Å². The van der Waals surface area contributed by atoms with Gasteiger partial charge in [0.2, 0.25) is 0 Å². The number of nitrogens with one attached hydrogen (secondary N) is 1. The van der Waals surface area contributed by atoms with Crippen LogP contribution >= 0.6 is 0 Å². The van der Waals surface area contributed by atoms with Gasteiger partial charge in [0.25, 0.3) is 0 Å². The Balaban J connectivity index is 2.94. The van der Waals surface area contributed by atoms with Gasteiger partial charge in [-0.25, -0.2) is 0 Å². The van der Waals surface area contributed by atoms with Crippen molar-refractivity contribution in [3.8, 4) is 11.5 Å². The molecule has 2 atom stereocenters. The molecule has 0 aliphatic rings. The average molecular weight is 295 g/mol. The van der Waals surface area contributed by atoms with E-state index in [1.165, 1.54) is 0 Å². The van der Waals surface area contributed by atoms with Gasteiger partial charge < -0.3 is 19.5 Å². The Bertz CT molecular complexity index is 409. The maximum atomic E-state index is 5.92. The summed E-state index contributed by atoms with van der Waals surface area (Å²) in [7, 11) is 3.37. The molecule has 0 amide bonds. The van der Waals surface area contributed by atoms with Gasteiger partial charge in [-0.2, -0.15) is 0 Å². The molecule has 0 spiro atoms. The van der Waals surface area contributed by atoms with Gasteiger partial charge >= 0.3 is 0 Å². The first-order valence-corrected chi connectivity index (χ1v) is 7.73. The van der Waals surface area contributed by atoms with E-state index in [-0.39, 0.29) is 12.1 Å². The van der Waals surface area contributed by atoms with E-state index in [9.17, 15) is 0 Å². The Morgan fingerprint density at radius 1 is 1.14 bits per heavy atom. The number of methoxy groups -OCH3 is 2. The van der Waals surface area contributed by atoms with E-state index >= 15 is 0 Å². The van der Waals surface area contributed by atoms with E-state index in [1.807, 2.05) is 18.2 Å². The van der Waals surface area contributed by atoms with Gasteiger partial charge in [0.15, 0.2) is 0 Å². The molecule has 0 radical (unpaired) electrons. The van der Waals surface area contributed by atoms with Gasteiger partial charge in [-0.05, 0) is 44.5 Å². The van der Waals surface area contributed by atoms with Crippen LogP contribution in [0.15, 0.2) is 18.2 Å². The van der Waals surface area contributed by atoms with Gasteiger partial charge in [-0.1, -0.05) is 13.8 Å².